The van der Waals surface area contributed by atoms with Gasteiger partial charge in [0.1, 0.15) is 0 Å². The molecule has 120 valence electrons. The molecule has 1 aromatic rings. The average molecular weight is 321 g/mol. The van der Waals surface area contributed by atoms with Crippen molar-refractivity contribution in [2.45, 2.75) is 57.9 Å². The minimum absolute atomic E-state index is 0.0246. The van der Waals surface area contributed by atoms with Gasteiger partial charge in [-0.15, -0.1) is 11.3 Å². The molecule has 3 rings (SSSR count). The molecule has 0 saturated carbocycles. The maximum Gasteiger partial charge on any atom is 0.308 e. The molecule has 1 saturated heterocycles. The minimum Gasteiger partial charge on any atom is -0.481 e. The summed E-state index contributed by atoms with van der Waals surface area (Å²) in [4.78, 5) is 28.1. The van der Waals surface area contributed by atoms with E-state index in [1.807, 2.05) is 6.92 Å². The second-order valence-electron chi connectivity index (χ2n) is 6.45. The van der Waals surface area contributed by atoms with Gasteiger partial charge in [-0.05, 0) is 57.1 Å². The van der Waals surface area contributed by atoms with Crippen LogP contribution in [0.15, 0.2) is 6.07 Å². The van der Waals surface area contributed by atoms with Crippen molar-refractivity contribution in [1.82, 2.24) is 4.90 Å². The van der Waals surface area contributed by atoms with Crippen molar-refractivity contribution in [3.63, 3.8) is 0 Å². The number of likely N-dealkylation sites (tertiary alicyclic amines) is 1. The summed E-state index contributed by atoms with van der Waals surface area (Å²) in [5.41, 5.74) is 1.34. The lowest BCUT2D eigenvalue weighted by Crippen LogP contribution is -2.48. The number of rotatable bonds is 2. The minimum atomic E-state index is -0.785. The van der Waals surface area contributed by atoms with Crippen LogP contribution in [-0.4, -0.2) is 34.5 Å². The SMILES string of the molecule is C[C@@H]1[C@H](C(=O)O)CCCN1C(=O)c1cc2c(s1)CCCCC2. The van der Waals surface area contributed by atoms with E-state index in [1.54, 1.807) is 16.2 Å². The van der Waals surface area contributed by atoms with Gasteiger partial charge in [-0.1, -0.05) is 6.42 Å². The first kappa shape index (κ1) is 15.5. The Balaban J connectivity index is 1.80. The van der Waals surface area contributed by atoms with E-state index >= 15 is 0 Å². The number of piperidine rings is 1. The van der Waals surface area contributed by atoms with Crippen LogP contribution in [0.1, 0.15) is 59.1 Å². The number of thiophene rings is 1. The Labute approximate surface area is 135 Å². The molecular weight excluding hydrogens is 298 g/mol. The quantitative estimate of drug-likeness (QED) is 0.850. The Morgan fingerprint density at radius 2 is 2.00 bits per heavy atom. The Kier molecular flexibility index (Phi) is 4.52. The Bertz CT molecular complexity index is 557. The molecule has 0 unspecified atom stereocenters. The van der Waals surface area contributed by atoms with E-state index < -0.39 is 11.9 Å². The number of hydrogen-bond acceptors (Lipinski definition) is 3. The zero-order valence-corrected chi connectivity index (χ0v) is 13.8. The summed E-state index contributed by atoms with van der Waals surface area (Å²) < 4.78 is 0. The summed E-state index contributed by atoms with van der Waals surface area (Å²) in [7, 11) is 0. The van der Waals surface area contributed by atoms with Crippen LogP contribution in [0, 0.1) is 5.92 Å². The largest absolute Gasteiger partial charge is 0.481 e. The summed E-state index contributed by atoms with van der Waals surface area (Å²) in [5.74, 6) is -1.20. The Morgan fingerprint density at radius 1 is 1.23 bits per heavy atom. The second kappa shape index (κ2) is 6.41. The van der Waals surface area contributed by atoms with Gasteiger partial charge in [0.25, 0.3) is 5.91 Å². The maximum atomic E-state index is 12.8. The third-order valence-electron chi connectivity index (χ3n) is 5.02. The monoisotopic (exact) mass is 321 g/mol. The molecule has 1 aromatic heterocycles. The summed E-state index contributed by atoms with van der Waals surface area (Å²) in [6.07, 6.45) is 7.29. The Hall–Kier alpha value is -1.36. The number of aryl methyl sites for hydroxylation is 2. The lowest BCUT2D eigenvalue weighted by molar-refractivity contribution is -0.144. The van der Waals surface area contributed by atoms with Crippen LogP contribution in [0.4, 0.5) is 0 Å². The molecule has 0 bridgehead atoms. The lowest BCUT2D eigenvalue weighted by Gasteiger charge is -2.37. The molecule has 0 aromatic carbocycles. The van der Waals surface area contributed by atoms with E-state index in [-0.39, 0.29) is 11.9 Å². The van der Waals surface area contributed by atoms with Crippen molar-refractivity contribution < 1.29 is 14.7 Å². The molecule has 2 atom stereocenters. The van der Waals surface area contributed by atoms with Gasteiger partial charge < -0.3 is 10.0 Å². The molecule has 1 aliphatic carbocycles. The molecule has 1 fully saturated rings. The molecule has 2 heterocycles. The van der Waals surface area contributed by atoms with Gasteiger partial charge >= 0.3 is 5.97 Å². The van der Waals surface area contributed by atoms with Gasteiger partial charge in [-0.25, -0.2) is 0 Å². The number of nitrogens with zero attached hydrogens (tertiary/aromatic N) is 1. The zero-order valence-electron chi connectivity index (χ0n) is 13.0. The number of carboxylic acid groups (broad SMARTS) is 1. The van der Waals surface area contributed by atoms with E-state index in [9.17, 15) is 14.7 Å². The van der Waals surface area contributed by atoms with Crippen molar-refractivity contribution in [1.29, 1.82) is 0 Å². The van der Waals surface area contributed by atoms with Crippen molar-refractivity contribution in [3.05, 3.63) is 21.4 Å². The maximum absolute atomic E-state index is 12.8. The average Bonchev–Trinajstić information content (AvgIpc) is 2.77. The highest BCUT2D eigenvalue weighted by molar-refractivity contribution is 7.14. The number of hydrogen-bond donors (Lipinski definition) is 1. The van der Waals surface area contributed by atoms with Gasteiger partial charge in [-0.3, -0.25) is 9.59 Å². The van der Waals surface area contributed by atoms with Crippen LogP contribution in [-0.2, 0) is 17.6 Å². The van der Waals surface area contributed by atoms with Crippen LogP contribution in [0.5, 0.6) is 0 Å². The fraction of sp³-hybridized carbons (Fsp3) is 0.647. The highest BCUT2D eigenvalue weighted by Gasteiger charge is 2.36. The smallest absolute Gasteiger partial charge is 0.308 e. The van der Waals surface area contributed by atoms with Crippen LogP contribution in [0.3, 0.4) is 0 Å². The molecule has 1 aliphatic heterocycles. The summed E-state index contributed by atoms with van der Waals surface area (Å²) in [6.45, 7) is 2.54. The molecule has 4 nitrogen and oxygen atoms in total. The molecule has 0 radical (unpaired) electrons. The zero-order chi connectivity index (χ0) is 15.7. The first-order valence-electron chi connectivity index (χ1n) is 8.23. The van der Waals surface area contributed by atoms with Crippen molar-refractivity contribution in [3.8, 4) is 0 Å². The highest BCUT2D eigenvalue weighted by Crippen LogP contribution is 2.32. The van der Waals surface area contributed by atoms with E-state index in [1.165, 1.54) is 29.7 Å². The van der Waals surface area contributed by atoms with Crippen LogP contribution in [0.25, 0.3) is 0 Å². The van der Waals surface area contributed by atoms with Gasteiger partial charge in [0, 0.05) is 17.5 Å². The lowest BCUT2D eigenvalue weighted by atomic mass is 9.90. The van der Waals surface area contributed by atoms with Gasteiger partial charge in [0.15, 0.2) is 0 Å². The number of carbonyl (C=O) groups is 2. The molecule has 22 heavy (non-hydrogen) atoms. The van der Waals surface area contributed by atoms with E-state index in [0.717, 1.165) is 24.1 Å². The fourth-order valence-electron chi connectivity index (χ4n) is 3.67. The number of carbonyl (C=O) groups excluding carboxylic acids is 1. The molecule has 5 heteroatoms. The molecule has 2 aliphatic rings. The van der Waals surface area contributed by atoms with Crippen LogP contribution in [0.2, 0.25) is 0 Å². The van der Waals surface area contributed by atoms with Gasteiger partial charge in [0.05, 0.1) is 10.8 Å². The van der Waals surface area contributed by atoms with Crippen LogP contribution >= 0.6 is 11.3 Å². The first-order valence-corrected chi connectivity index (χ1v) is 9.05. The van der Waals surface area contributed by atoms with Crippen LogP contribution < -0.4 is 0 Å². The third kappa shape index (κ3) is 2.91. The molecular formula is C17H23NO3S. The fourth-order valence-corrected chi connectivity index (χ4v) is 4.88. The first-order chi connectivity index (χ1) is 10.6. The van der Waals surface area contributed by atoms with Gasteiger partial charge in [0.2, 0.25) is 0 Å². The van der Waals surface area contributed by atoms with E-state index in [0.29, 0.717) is 13.0 Å². The number of aliphatic carboxylic acids is 1. The Morgan fingerprint density at radius 3 is 2.77 bits per heavy atom. The van der Waals surface area contributed by atoms with Gasteiger partial charge in [-0.2, -0.15) is 0 Å². The second-order valence-corrected chi connectivity index (χ2v) is 7.58. The molecule has 1 N–H and O–H groups in total. The highest BCUT2D eigenvalue weighted by atomic mass is 32.1. The topological polar surface area (TPSA) is 57.6 Å². The summed E-state index contributed by atoms with van der Waals surface area (Å²) in [5, 5.41) is 9.31. The number of fused-ring (bicyclic) bond motifs is 1. The van der Waals surface area contributed by atoms with Crippen molar-refractivity contribution in [2.24, 2.45) is 5.92 Å². The van der Waals surface area contributed by atoms with E-state index in [4.69, 9.17) is 0 Å². The summed E-state index contributed by atoms with van der Waals surface area (Å²) >= 11 is 1.62. The third-order valence-corrected chi connectivity index (χ3v) is 6.25. The van der Waals surface area contributed by atoms with E-state index in [2.05, 4.69) is 6.07 Å². The molecule has 1 amide bonds. The number of carboxylic acids is 1. The normalized spacial score (nSPS) is 25.4. The van der Waals surface area contributed by atoms with Crippen molar-refractivity contribution in [2.75, 3.05) is 6.54 Å². The predicted molar refractivity (Wildman–Crippen MR) is 86.4 cm³/mol. The molecule has 0 spiro atoms. The summed E-state index contributed by atoms with van der Waals surface area (Å²) in [6, 6.07) is 1.84. The van der Waals surface area contributed by atoms with Crippen molar-refractivity contribution >= 4 is 23.2 Å². The number of amides is 1. The standard InChI is InChI=1S/C17H23NO3S/c1-11-13(17(20)21)7-5-9-18(11)16(19)15-10-12-6-3-2-4-8-14(12)22-15/h10-11,13H,2-9H2,1H3,(H,20,21)/t11-,13-/m1/s1. The predicted octanol–water partition coefficient (Wildman–Crippen LogP) is 3.34.